The van der Waals surface area contributed by atoms with E-state index in [1.807, 2.05) is 0 Å². The van der Waals surface area contributed by atoms with Gasteiger partial charge in [-0.05, 0) is 90.8 Å². The SMILES string of the molecule is CCCCCCCNCCCCCCNCC(O)CNCCCCCCNCCCCCCN. The van der Waals surface area contributed by atoms with Crippen molar-refractivity contribution in [3.63, 3.8) is 0 Å². The topological polar surface area (TPSA) is 94.4 Å². The molecule has 0 aromatic carbocycles. The molecule has 0 saturated heterocycles. The van der Waals surface area contributed by atoms with Gasteiger partial charge in [-0.25, -0.2) is 0 Å². The summed E-state index contributed by atoms with van der Waals surface area (Å²) in [5.74, 6) is 0. The van der Waals surface area contributed by atoms with Crippen LogP contribution in [0.15, 0.2) is 0 Å². The molecule has 6 heteroatoms. The number of nitrogens with one attached hydrogen (secondary N) is 4. The Kier molecular flexibility index (Phi) is 30.6. The van der Waals surface area contributed by atoms with E-state index in [1.54, 1.807) is 0 Å². The number of aliphatic hydroxyl groups excluding tert-OH is 1. The molecule has 0 amide bonds. The van der Waals surface area contributed by atoms with Crippen molar-refractivity contribution in [2.24, 2.45) is 5.73 Å². The second kappa shape index (κ2) is 30.8. The quantitative estimate of drug-likeness (QED) is 0.0849. The van der Waals surface area contributed by atoms with Crippen LogP contribution in [0.5, 0.6) is 0 Å². The molecule has 0 fully saturated rings. The summed E-state index contributed by atoms with van der Waals surface area (Å²) >= 11 is 0. The maximum atomic E-state index is 10.1. The van der Waals surface area contributed by atoms with Crippen molar-refractivity contribution in [3.05, 3.63) is 0 Å². The Morgan fingerprint density at radius 2 is 0.794 bits per heavy atom. The average Bonchev–Trinajstić information content (AvgIpc) is 2.84. The Bertz CT molecular complexity index is 328. The molecular weight excluding hydrogens is 422 g/mol. The molecular formula is C28H63N5O. The Hall–Kier alpha value is -0.240. The molecule has 0 aromatic rings. The van der Waals surface area contributed by atoms with Crippen LogP contribution in [-0.2, 0) is 0 Å². The molecule has 1 atom stereocenters. The zero-order chi connectivity index (χ0) is 24.8. The second-order valence-corrected chi connectivity index (χ2v) is 10.0. The standard InChI is InChI=1S/C28H63N5O/c1-2-3-4-6-13-20-30-22-15-8-10-17-24-32-26-28(34)27-33-25-18-11-9-16-23-31-21-14-7-5-12-19-29/h28,30-34H,2-27,29H2,1H3. The van der Waals surface area contributed by atoms with Gasteiger partial charge in [-0.3, -0.25) is 0 Å². The molecule has 0 bridgehead atoms. The number of unbranched alkanes of at least 4 members (excludes halogenated alkanes) is 13. The third-order valence-corrected chi connectivity index (χ3v) is 6.44. The maximum absolute atomic E-state index is 10.1. The highest BCUT2D eigenvalue weighted by atomic mass is 16.3. The molecule has 0 aliphatic carbocycles. The second-order valence-electron chi connectivity index (χ2n) is 10.0. The maximum Gasteiger partial charge on any atom is 0.0788 e. The molecule has 1 unspecified atom stereocenters. The van der Waals surface area contributed by atoms with Crippen molar-refractivity contribution in [2.75, 3.05) is 58.9 Å². The number of nitrogens with two attached hydrogens (primary N) is 1. The monoisotopic (exact) mass is 486 g/mol. The fraction of sp³-hybridized carbons (Fsp3) is 1.00. The van der Waals surface area contributed by atoms with Crippen LogP contribution in [0, 0.1) is 0 Å². The Labute approximate surface area is 213 Å². The molecule has 0 aliphatic heterocycles. The van der Waals surface area contributed by atoms with Gasteiger partial charge in [0, 0.05) is 13.1 Å². The average molecular weight is 486 g/mol. The van der Waals surface area contributed by atoms with Gasteiger partial charge < -0.3 is 32.1 Å². The number of aliphatic hydroxyl groups is 1. The van der Waals surface area contributed by atoms with Gasteiger partial charge >= 0.3 is 0 Å². The van der Waals surface area contributed by atoms with E-state index < -0.39 is 0 Å². The van der Waals surface area contributed by atoms with Crippen LogP contribution < -0.4 is 27.0 Å². The highest BCUT2D eigenvalue weighted by Crippen LogP contribution is 2.02. The Balaban J connectivity index is 3.13. The summed E-state index contributed by atoms with van der Waals surface area (Å²) in [5.41, 5.74) is 5.51. The van der Waals surface area contributed by atoms with Crippen LogP contribution in [0.2, 0.25) is 0 Å². The molecule has 0 radical (unpaired) electrons. The van der Waals surface area contributed by atoms with Crippen molar-refractivity contribution in [1.82, 2.24) is 21.3 Å². The summed E-state index contributed by atoms with van der Waals surface area (Å²) < 4.78 is 0. The van der Waals surface area contributed by atoms with Gasteiger partial charge in [0.15, 0.2) is 0 Å². The van der Waals surface area contributed by atoms with Crippen LogP contribution in [0.25, 0.3) is 0 Å². The zero-order valence-corrected chi connectivity index (χ0v) is 23.0. The van der Waals surface area contributed by atoms with Gasteiger partial charge in [0.2, 0.25) is 0 Å². The molecule has 34 heavy (non-hydrogen) atoms. The van der Waals surface area contributed by atoms with Crippen LogP contribution in [0.4, 0.5) is 0 Å². The van der Waals surface area contributed by atoms with Gasteiger partial charge in [0.25, 0.3) is 0 Å². The summed E-state index contributed by atoms with van der Waals surface area (Å²) in [6.07, 6.45) is 21.7. The largest absolute Gasteiger partial charge is 0.390 e. The fourth-order valence-electron chi connectivity index (χ4n) is 4.17. The van der Waals surface area contributed by atoms with E-state index in [-0.39, 0.29) is 6.10 Å². The molecule has 7 N–H and O–H groups in total. The smallest absolute Gasteiger partial charge is 0.0788 e. The summed E-state index contributed by atoms with van der Waals surface area (Å²) in [7, 11) is 0. The van der Waals surface area contributed by atoms with Crippen molar-refractivity contribution < 1.29 is 5.11 Å². The van der Waals surface area contributed by atoms with Crippen LogP contribution in [0.1, 0.15) is 116 Å². The van der Waals surface area contributed by atoms with Crippen molar-refractivity contribution >= 4 is 0 Å². The summed E-state index contributed by atoms with van der Waals surface area (Å²) in [6.45, 7) is 11.2. The molecule has 206 valence electrons. The lowest BCUT2D eigenvalue weighted by Gasteiger charge is -2.13. The summed E-state index contributed by atoms with van der Waals surface area (Å²) in [6, 6.07) is 0. The molecule has 0 rings (SSSR count). The third-order valence-electron chi connectivity index (χ3n) is 6.44. The van der Waals surface area contributed by atoms with E-state index in [0.29, 0.717) is 13.1 Å². The third kappa shape index (κ3) is 29.8. The highest BCUT2D eigenvalue weighted by Gasteiger charge is 2.02. The first-order chi connectivity index (χ1) is 16.8. The van der Waals surface area contributed by atoms with Crippen LogP contribution in [0.3, 0.4) is 0 Å². The molecule has 0 aliphatic rings. The van der Waals surface area contributed by atoms with Crippen molar-refractivity contribution in [2.45, 2.75) is 122 Å². The van der Waals surface area contributed by atoms with E-state index >= 15 is 0 Å². The minimum atomic E-state index is -0.282. The molecule has 6 nitrogen and oxygen atoms in total. The van der Waals surface area contributed by atoms with Gasteiger partial charge in [-0.15, -0.1) is 0 Å². The molecule has 0 heterocycles. The summed E-state index contributed by atoms with van der Waals surface area (Å²) in [5, 5.41) is 24.0. The summed E-state index contributed by atoms with van der Waals surface area (Å²) in [4.78, 5) is 0. The number of hydrogen-bond acceptors (Lipinski definition) is 6. The van der Waals surface area contributed by atoms with Crippen molar-refractivity contribution in [3.8, 4) is 0 Å². The lowest BCUT2D eigenvalue weighted by Crippen LogP contribution is -2.36. The molecule has 0 saturated carbocycles. The normalized spacial score (nSPS) is 12.4. The van der Waals surface area contributed by atoms with Gasteiger partial charge in [0.1, 0.15) is 0 Å². The van der Waals surface area contributed by atoms with E-state index in [4.69, 9.17) is 5.73 Å². The van der Waals surface area contributed by atoms with E-state index in [9.17, 15) is 5.11 Å². The molecule has 0 spiro atoms. The molecule has 0 aromatic heterocycles. The van der Waals surface area contributed by atoms with Gasteiger partial charge in [-0.1, -0.05) is 71.1 Å². The van der Waals surface area contributed by atoms with E-state index in [0.717, 1.165) is 32.7 Å². The van der Waals surface area contributed by atoms with Gasteiger partial charge in [0.05, 0.1) is 6.10 Å². The van der Waals surface area contributed by atoms with E-state index in [2.05, 4.69) is 28.2 Å². The lowest BCUT2D eigenvalue weighted by molar-refractivity contribution is 0.168. The first-order valence-electron chi connectivity index (χ1n) is 15.0. The number of rotatable bonds is 30. The Morgan fingerprint density at radius 1 is 0.471 bits per heavy atom. The fourth-order valence-corrected chi connectivity index (χ4v) is 4.17. The minimum Gasteiger partial charge on any atom is -0.390 e. The first kappa shape index (κ1) is 33.8. The predicted molar refractivity (Wildman–Crippen MR) is 151 cm³/mol. The van der Waals surface area contributed by atoms with Crippen molar-refractivity contribution in [1.29, 1.82) is 0 Å². The zero-order valence-electron chi connectivity index (χ0n) is 23.0. The van der Waals surface area contributed by atoms with Gasteiger partial charge in [-0.2, -0.15) is 0 Å². The highest BCUT2D eigenvalue weighted by molar-refractivity contribution is 4.63. The lowest BCUT2D eigenvalue weighted by atomic mass is 10.1. The number of hydrogen-bond donors (Lipinski definition) is 6. The minimum absolute atomic E-state index is 0.282. The first-order valence-corrected chi connectivity index (χ1v) is 15.0. The van der Waals surface area contributed by atoms with Crippen LogP contribution in [-0.4, -0.2) is 70.1 Å². The van der Waals surface area contributed by atoms with E-state index in [1.165, 1.54) is 122 Å². The van der Waals surface area contributed by atoms with Crippen LogP contribution >= 0.6 is 0 Å². The Morgan fingerprint density at radius 3 is 1.15 bits per heavy atom. The predicted octanol–water partition coefficient (Wildman–Crippen LogP) is 4.32.